The fourth-order valence-corrected chi connectivity index (χ4v) is 0.554. The highest BCUT2D eigenvalue weighted by Gasteiger charge is 2.08. The second-order valence-electron chi connectivity index (χ2n) is 2.69. The number of hydrogen-bond acceptors (Lipinski definition) is 2. The number of carbonyl (C=O) groups excluding carboxylic acids is 1. The molecule has 0 rings (SSSR count). The van der Waals surface area contributed by atoms with Crippen molar-refractivity contribution in [3.8, 4) is 0 Å². The van der Waals surface area contributed by atoms with E-state index in [-0.39, 0.29) is 11.9 Å². The molecule has 0 aliphatic carbocycles. The summed E-state index contributed by atoms with van der Waals surface area (Å²) in [7, 11) is 0. The Hall–Kier alpha value is -0.830. The number of rotatable bonds is 4. The number of nitrogens with one attached hydrogen (secondary N) is 1. The van der Waals surface area contributed by atoms with Gasteiger partial charge >= 0.3 is 0 Å². The highest BCUT2D eigenvalue weighted by molar-refractivity contribution is 5.81. The highest BCUT2D eigenvalue weighted by atomic mass is 16.2. The predicted molar refractivity (Wildman–Crippen MR) is 46.1 cm³/mol. The predicted octanol–water partition coefficient (Wildman–Crippen LogP) is 0.416. The normalized spacial score (nSPS) is 12.3. The molecule has 0 aliphatic heterocycles. The standard InChI is InChI=1S/C8H16N2O/c1-4-7(9)8(11)10-5-6(2)3/h7H,2,4-5,9H2,1,3H3,(H,10,11). The van der Waals surface area contributed by atoms with Gasteiger partial charge in [-0.3, -0.25) is 4.79 Å². The Morgan fingerprint density at radius 1 is 1.73 bits per heavy atom. The van der Waals surface area contributed by atoms with Gasteiger partial charge in [-0.05, 0) is 13.3 Å². The van der Waals surface area contributed by atoms with Crippen LogP contribution >= 0.6 is 0 Å². The van der Waals surface area contributed by atoms with E-state index in [2.05, 4.69) is 11.9 Å². The van der Waals surface area contributed by atoms with E-state index in [4.69, 9.17) is 5.73 Å². The molecule has 0 aliphatic rings. The van der Waals surface area contributed by atoms with E-state index in [1.54, 1.807) is 0 Å². The molecule has 3 nitrogen and oxygen atoms in total. The van der Waals surface area contributed by atoms with Gasteiger partial charge in [-0.15, -0.1) is 0 Å². The SMILES string of the molecule is C=C(C)CNC(=O)C(N)CC. The number of amides is 1. The van der Waals surface area contributed by atoms with Crippen LogP contribution in [0.4, 0.5) is 0 Å². The molecule has 0 spiro atoms. The first-order chi connectivity index (χ1) is 5.07. The molecule has 0 aromatic heterocycles. The second-order valence-corrected chi connectivity index (χ2v) is 2.69. The monoisotopic (exact) mass is 156 g/mol. The third-order valence-electron chi connectivity index (χ3n) is 1.34. The second kappa shape index (κ2) is 4.91. The van der Waals surface area contributed by atoms with Gasteiger partial charge in [0.15, 0.2) is 0 Å². The van der Waals surface area contributed by atoms with E-state index in [1.165, 1.54) is 0 Å². The topological polar surface area (TPSA) is 55.1 Å². The Bertz CT molecular complexity index is 154. The molecule has 11 heavy (non-hydrogen) atoms. The average molecular weight is 156 g/mol. The summed E-state index contributed by atoms with van der Waals surface area (Å²) in [6.07, 6.45) is 0.669. The van der Waals surface area contributed by atoms with Crippen LogP contribution in [0.15, 0.2) is 12.2 Å². The Labute approximate surface area is 67.7 Å². The van der Waals surface area contributed by atoms with Crippen LogP contribution in [0.5, 0.6) is 0 Å². The van der Waals surface area contributed by atoms with Crippen LogP contribution in [0, 0.1) is 0 Å². The van der Waals surface area contributed by atoms with Crippen LogP contribution in [-0.4, -0.2) is 18.5 Å². The molecule has 1 unspecified atom stereocenters. The van der Waals surface area contributed by atoms with Crippen molar-refractivity contribution in [1.82, 2.24) is 5.32 Å². The molecule has 1 amide bonds. The van der Waals surface area contributed by atoms with Gasteiger partial charge < -0.3 is 11.1 Å². The zero-order valence-electron chi connectivity index (χ0n) is 7.18. The van der Waals surface area contributed by atoms with Gasteiger partial charge in [0.2, 0.25) is 5.91 Å². The van der Waals surface area contributed by atoms with Crippen LogP contribution in [0.25, 0.3) is 0 Å². The summed E-state index contributed by atoms with van der Waals surface area (Å²) in [5.74, 6) is -0.101. The Morgan fingerprint density at radius 3 is 2.64 bits per heavy atom. The van der Waals surface area contributed by atoms with Gasteiger partial charge in [-0.25, -0.2) is 0 Å². The summed E-state index contributed by atoms with van der Waals surface area (Å²) in [6.45, 7) is 7.92. The van der Waals surface area contributed by atoms with Crippen LogP contribution in [0.3, 0.4) is 0 Å². The first-order valence-electron chi connectivity index (χ1n) is 3.75. The molecule has 3 heteroatoms. The fraction of sp³-hybridized carbons (Fsp3) is 0.625. The summed E-state index contributed by atoms with van der Waals surface area (Å²) in [4.78, 5) is 11.0. The molecule has 0 radical (unpaired) electrons. The minimum atomic E-state index is -0.380. The lowest BCUT2D eigenvalue weighted by atomic mass is 10.2. The van der Waals surface area contributed by atoms with Crippen molar-refractivity contribution in [1.29, 1.82) is 0 Å². The van der Waals surface area contributed by atoms with Gasteiger partial charge in [0.1, 0.15) is 0 Å². The van der Waals surface area contributed by atoms with Gasteiger partial charge in [0.05, 0.1) is 6.04 Å². The quantitative estimate of drug-likeness (QED) is 0.579. The maximum Gasteiger partial charge on any atom is 0.237 e. The van der Waals surface area contributed by atoms with Crippen LogP contribution in [0.1, 0.15) is 20.3 Å². The molecule has 0 bridgehead atoms. The summed E-state index contributed by atoms with van der Waals surface area (Å²) in [5.41, 5.74) is 6.39. The summed E-state index contributed by atoms with van der Waals surface area (Å²) >= 11 is 0. The lowest BCUT2D eigenvalue weighted by Crippen LogP contribution is -2.40. The van der Waals surface area contributed by atoms with Gasteiger partial charge in [-0.1, -0.05) is 19.1 Å². The van der Waals surface area contributed by atoms with E-state index >= 15 is 0 Å². The third kappa shape index (κ3) is 4.56. The zero-order valence-corrected chi connectivity index (χ0v) is 7.18. The Balaban J connectivity index is 3.60. The van der Waals surface area contributed by atoms with E-state index in [9.17, 15) is 4.79 Å². The maximum absolute atomic E-state index is 11.0. The van der Waals surface area contributed by atoms with Crippen LogP contribution in [0.2, 0.25) is 0 Å². The fourth-order valence-electron chi connectivity index (χ4n) is 0.554. The van der Waals surface area contributed by atoms with E-state index < -0.39 is 0 Å². The van der Waals surface area contributed by atoms with Crippen molar-refractivity contribution in [3.05, 3.63) is 12.2 Å². The van der Waals surface area contributed by atoms with Gasteiger partial charge in [0.25, 0.3) is 0 Å². The molecule has 3 N–H and O–H groups in total. The van der Waals surface area contributed by atoms with Crippen molar-refractivity contribution in [2.75, 3.05) is 6.54 Å². The van der Waals surface area contributed by atoms with Crippen molar-refractivity contribution in [2.45, 2.75) is 26.3 Å². The molecule has 0 heterocycles. The minimum Gasteiger partial charge on any atom is -0.351 e. The van der Waals surface area contributed by atoms with E-state index in [0.29, 0.717) is 13.0 Å². The number of hydrogen-bond donors (Lipinski definition) is 2. The number of carbonyl (C=O) groups is 1. The van der Waals surface area contributed by atoms with E-state index in [1.807, 2.05) is 13.8 Å². The molecule has 0 saturated heterocycles. The summed E-state index contributed by atoms with van der Waals surface area (Å²) in [5, 5.41) is 2.67. The minimum absolute atomic E-state index is 0.101. The van der Waals surface area contributed by atoms with Crippen molar-refractivity contribution in [3.63, 3.8) is 0 Å². The highest BCUT2D eigenvalue weighted by Crippen LogP contribution is 1.87. The van der Waals surface area contributed by atoms with Crippen molar-refractivity contribution < 1.29 is 4.79 Å². The molecular weight excluding hydrogens is 140 g/mol. The van der Waals surface area contributed by atoms with E-state index in [0.717, 1.165) is 5.57 Å². The van der Waals surface area contributed by atoms with Crippen LogP contribution in [-0.2, 0) is 4.79 Å². The number of nitrogens with two attached hydrogens (primary N) is 1. The Morgan fingerprint density at radius 2 is 2.27 bits per heavy atom. The molecule has 1 atom stereocenters. The summed E-state index contributed by atoms with van der Waals surface area (Å²) in [6, 6.07) is -0.380. The molecular formula is C8H16N2O. The Kier molecular flexibility index (Phi) is 4.54. The molecule has 0 aromatic rings. The molecule has 64 valence electrons. The molecule has 0 aromatic carbocycles. The molecule has 0 fully saturated rings. The van der Waals surface area contributed by atoms with Gasteiger partial charge in [0, 0.05) is 6.54 Å². The lowest BCUT2D eigenvalue weighted by Gasteiger charge is -2.09. The smallest absolute Gasteiger partial charge is 0.237 e. The first kappa shape index (κ1) is 10.2. The summed E-state index contributed by atoms with van der Waals surface area (Å²) < 4.78 is 0. The third-order valence-corrected chi connectivity index (χ3v) is 1.34. The largest absolute Gasteiger partial charge is 0.351 e. The molecule has 0 saturated carbocycles. The van der Waals surface area contributed by atoms with Crippen LogP contribution < -0.4 is 11.1 Å². The maximum atomic E-state index is 11.0. The zero-order chi connectivity index (χ0) is 8.85. The average Bonchev–Trinajstić information content (AvgIpc) is 1.98. The first-order valence-corrected chi connectivity index (χ1v) is 3.75. The lowest BCUT2D eigenvalue weighted by molar-refractivity contribution is -0.122. The van der Waals surface area contributed by atoms with Crippen molar-refractivity contribution >= 4 is 5.91 Å². The van der Waals surface area contributed by atoms with Crippen molar-refractivity contribution in [2.24, 2.45) is 5.73 Å². The van der Waals surface area contributed by atoms with Gasteiger partial charge in [-0.2, -0.15) is 0 Å².